The van der Waals surface area contributed by atoms with Crippen molar-refractivity contribution in [1.82, 2.24) is 9.13 Å². The molecule has 1 aliphatic rings. The maximum Gasteiger partial charge on any atom is 0.105 e. The van der Waals surface area contributed by atoms with Crippen molar-refractivity contribution in [3.63, 3.8) is 0 Å². The van der Waals surface area contributed by atoms with Crippen LogP contribution in [0.5, 0.6) is 0 Å². The van der Waals surface area contributed by atoms with Gasteiger partial charge in [-0.1, -0.05) is 91.0 Å². The molecule has 0 aliphatic heterocycles. The third-order valence-electron chi connectivity index (χ3n) is 9.08. The summed E-state index contributed by atoms with van der Waals surface area (Å²) in [5.41, 5.74) is 7.83. The second-order valence-electron chi connectivity index (χ2n) is 11.3. The van der Waals surface area contributed by atoms with Gasteiger partial charge in [0.2, 0.25) is 0 Å². The first-order chi connectivity index (χ1) is 21.8. The highest BCUT2D eigenvalue weighted by molar-refractivity contribution is 6.18. The fourth-order valence-electron chi connectivity index (χ4n) is 7.20. The largest absolute Gasteiger partial charge is 0.310 e. The van der Waals surface area contributed by atoms with Gasteiger partial charge < -0.3 is 4.57 Å². The molecule has 0 atom stereocenters. The van der Waals surface area contributed by atoms with Crippen molar-refractivity contribution in [2.75, 3.05) is 0 Å². The van der Waals surface area contributed by atoms with Crippen molar-refractivity contribution in [3.05, 3.63) is 138 Å². The topological polar surface area (TPSA) is 57.4 Å². The zero-order valence-corrected chi connectivity index (χ0v) is 23.6. The molecule has 0 bridgehead atoms. The fraction of sp³-hybridized carbons (Fsp3) is 0.0500. The van der Waals surface area contributed by atoms with Gasteiger partial charge >= 0.3 is 0 Å². The Morgan fingerprint density at radius 3 is 1.98 bits per heavy atom. The first kappa shape index (κ1) is 24.3. The number of benzene rings is 5. The lowest BCUT2D eigenvalue weighted by Crippen LogP contribution is -2.09. The molecule has 44 heavy (non-hydrogen) atoms. The number of aromatic nitrogens is 2. The molecule has 4 heteroatoms. The van der Waals surface area contributed by atoms with E-state index in [1.807, 2.05) is 18.2 Å². The monoisotopic (exact) mass is 558 g/mol. The first-order valence-electron chi connectivity index (χ1n) is 14.7. The van der Waals surface area contributed by atoms with Crippen LogP contribution in [-0.2, 0) is 6.42 Å². The van der Waals surface area contributed by atoms with E-state index in [9.17, 15) is 10.5 Å². The van der Waals surface area contributed by atoms with Crippen molar-refractivity contribution >= 4 is 60.3 Å². The number of hydrogen-bond donors (Lipinski definition) is 0. The maximum absolute atomic E-state index is 10.3. The Morgan fingerprint density at radius 2 is 1.27 bits per heavy atom. The summed E-state index contributed by atoms with van der Waals surface area (Å²) in [5.74, 6) is 0. The van der Waals surface area contributed by atoms with E-state index in [1.54, 1.807) is 0 Å². The molecule has 0 saturated heterocycles. The first-order valence-corrected chi connectivity index (χ1v) is 14.7. The summed E-state index contributed by atoms with van der Waals surface area (Å²) >= 11 is 0. The van der Waals surface area contributed by atoms with Gasteiger partial charge in [-0.25, -0.2) is 0 Å². The minimum absolute atomic E-state index is 0.344. The smallest absolute Gasteiger partial charge is 0.105 e. The Balaban J connectivity index is 1.53. The lowest BCUT2D eigenvalue weighted by molar-refractivity contribution is 0.884. The Hall–Kier alpha value is -6.28. The number of allylic oxidation sites excluding steroid dienone is 1. The van der Waals surface area contributed by atoms with Gasteiger partial charge in [0.25, 0.3) is 0 Å². The number of fused-ring (bicyclic) bond motifs is 10. The van der Waals surface area contributed by atoms with Crippen LogP contribution in [0.2, 0.25) is 0 Å². The Labute approximate surface area is 253 Å². The quantitative estimate of drug-likeness (QED) is 0.212. The molecule has 2 aromatic heterocycles. The predicted octanol–water partition coefficient (Wildman–Crippen LogP) is 9.34. The Morgan fingerprint density at radius 1 is 0.636 bits per heavy atom. The standard InChI is InChI=1S/C40H22N4/c41-23-27-21-37(43-35-15-7-5-13-31(35)33-19-17-25-9-1-3-11-29(25)39(33)43)38(22-28(27)24-42)44-36-16-8-6-14-32(36)34-20-18-26-10-2-4-12-30(26)40(34)44/h1-6,9-14,17-22H,7,15H2. The summed E-state index contributed by atoms with van der Waals surface area (Å²) in [6.45, 7) is 0. The third-order valence-corrected chi connectivity index (χ3v) is 9.08. The number of nitrogens with zero attached hydrogens (tertiary/aromatic N) is 4. The third kappa shape index (κ3) is 3.22. The van der Waals surface area contributed by atoms with Crippen LogP contribution in [0.1, 0.15) is 28.8 Å². The fourth-order valence-corrected chi connectivity index (χ4v) is 7.20. The highest BCUT2D eigenvalue weighted by atomic mass is 15.1. The Bertz CT molecular complexity index is 2630. The van der Waals surface area contributed by atoms with E-state index in [2.05, 4.69) is 124 Å². The highest BCUT2D eigenvalue weighted by Crippen LogP contribution is 2.42. The van der Waals surface area contributed by atoms with E-state index in [-0.39, 0.29) is 0 Å². The predicted molar refractivity (Wildman–Crippen MR) is 177 cm³/mol. The zero-order chi connectivity index (χ0) is 29.4. The van der Waals surface area contributed by atoms with Crippen LogP contribution in [0.25, 0.3) is 71.7 Å². The lowest BCUT2D eigenvalue weighted by atomic mass is 10.0. The second kappa shape index (κ2) is 9.11. The van der Waals surface area contributed by atoms with Crippen molar-refractivity contribution in [2.45, 2.75) is 12.8 Å². The average Bonchev–Trinajstić information content (AvgIpc) is 3.61. The minimum atomic E-state index is 0.344. The van der Waals surface area contributed by atoms with E-state index in [4.69, 9.17) is 0 Å². The molecule has 9 rings (SSSR count). The van der Waals surface area contributed by atoms with E-state index >= 15 is 0 Å². The molecule has 6 aromatic carbocycles. The molecule has 0 fully saturated rings. The van der Waals surface area contributed by atoms with Crippen LogP contribution in [0.3, 0.4) is 0 Å². The van der Waals surface area contributed by atoms with Crippen molar-refractivity contribution < 1.29 is 0 Å². The maximum atomic E-state index is 10.3. The van der Waals surface area contributed by atoms with Crippen molar-refractivity contribution in [3.8, 4) is 23.5 Å². The van der Waals surface area contributed by atoms with Crippen LogP contribution >= 0.6 is 0 Å². The van der Waals surface area contributed by atoms with Gasteiger partial charge in [0.15, 0.2) is 0 Å². The molecule has 0 unspecified atom stereocenters. The molecule has 0 N–H and O–H groups in total. The van der Waals surface area contributed by atoms with Gasteiger partial charge in [0.05, 0.1) is 33.5 Å². The molecular weight excluding hydrogens is 536 g/mol. The normalized spacial score (nSPS) is 12.5. The van der Waals surface area contributed by atoms with E-state index in [0.717, 1.165) is 73.1 Å². The van der Waals surface area contributed by atoms with Gasteiger partial charge in [-0.05, 0) is 53.9 Å². The molecule has 4 nitrogen and oxygen atoms in total. The molecule has 202 valence electrons. The second-order valence-corrected chi connectivity index (χ2v) is 11.3. The lowest BCUT2D eigenvalue weighted by Gasteiger charge is -2.20. The molecule has 1 aliphatic carbocycles. The van der Waals surface area contributed by atoms with E-state index in [1.165, 1.54) is 16.6 Å². The van der Waals surface area contributed by atoms with Gasteiger partial charge in [-0.2, -0.15) is 10.5 Å². The van der Waals surface area contributed by atoms with Crippen molar-refractivity contribution in [1.29, 1.82) is 10.5 Å². The van der Waals surface area contributed by atoms with Crippen LogP contribution in [0, 0.1) is 34.8 Å². The van der Waals surface area contributed by atoms with Gasteiger partial charge in [0.1, 0.15) is 17.7 Å². The average molecular weight is 559 g/mol. The molecular formula is C40H22N4. The molecule has 0 radical (unpaired) electrons. The van der Waals surface area contributed by atoms with E-state index in [0.29, 0.717) is 11.1 Å². The molecule has 0 spiro atoms. The summed E-state index contributed by atoms with van der Waals surface area (Å²) in [7, 11) is 0. The molecule has 2 heterocycles. The summed E-state index contributed by atoms with van der Waals surface area (Å²) in [5, 5.41) is 28.4. The molecule has 0 saturated carbocycles. The minimum Gasteiger partial charge on any atom is -0.310 e. The summed E-state index contributed by atoms with van der Waals surface area (Å²) < 4.78 is 4.58. The van der Waals surface area contributed by atoms with Crippen LogP contribution < -0.4 is 0 Å². The summed E-state index contributed by atoms with van der Waals surface area (Å²) in [4.78, 5) is 0. The van der Waals surface area contributed by atoms with Crippen molar-refractivity contribution in [2.24, 2.45) is 0 Å². The number of nitriles is 2. The van der Waals surface area contributed by atoms with Gasteiger partial charge in [0, 0.05) is 38.2 Å². The SMILES string of the molecule is N#Cc1cc(-n2c3c(c4ccc5ccccc5c42)C=CCC3)c(-n2c3c#cccc3c3ccc4ccccc4c32)cc1C#N. The van der Waals surface area contributed by atoms with Gasteiger partial charge in [-0.3, -0.25) is 4.57 Å². The number of hydrogen-bond acceptors (Lipinski definition) is 2. The van der Waals surface area contributed by atoms with Crippen LogP contribution in [0.15, 0.2) is 103 Å². The van der Waals surface area contributed by atoms with Gasteiger partial charge in [-0.15, -0.1) is 0 Å². The number of rotatable bonds is 2. The van der Waals surface area contributed by atoms with Crippen LogP contribution in [0.4, 0.5) is 0 Å². The highest BCUT2D eigenvalue weighted by Gasteiger charge is 2.25. The summed E-state index contributed by atoms with van der Waals surface area (Å²) in [6, 6.07) is 44.6. The molecule has 0 amide bonds. The molecule has 8 aromatic rings. The summed E-state index contributed by atoms with van der Waals surface area (Å²) in [6.07, 6.45) is 6.27. The zero-order valence-electron chi connectivity index (χ0n) is 23.6. The van der Waals surface area contributed by atoms with Crippen LogP contribution in [-0.4, -0.2) is 9.13 Å². The Kier molecular flexibility index (Phi) is 5.04. The van der Waals surface area contributed by atoms with E-state index < -0.39 is 0 Å².